The number of amides is 3. The zero-order chi connectivity index (χ0) is 21.0. The van der Waals surface area contributed by atoms with Crippen molar-refractivity contribution >= 4 is 34.1 Å². The van der Waals surface area contributed by atoms with Gasteiger partial charge in [0.15, 0.2) is 5.13 Å². The van der Waals surface area contributed by atoms with Gasteiger partial charge in [0, 0.05) is 27.7 Å². The van der Waals surface area contributed by atoms with Gasteiger partial charge in [-0.2, -0.15) is 0 Å². The van der Waals surface area contributed by atoms with Crippen LogP contribution in [0.4, 0.5) is 20.0 Å². The monoisotopic (exact) mass is 412 g/mol. The molecule has 29 heavy (non-hydrogen) atoms. The molecule has 0 radical (unpaired) electrons. The summed E-state index contributed by atoms with van der Waals surface area (Å²) in [7, 11) is 0. The average molecular weight is 412 g/mol. The van der Waals surface area contributed by atoms with E-state index in [1.807, 2.05) is 20.8 Å². The van der Waals surface area contributed by atoms with Crippen molar-refractivity contribution in [3.63, 3.8) is 0 Å². The second kappa shape index (κ2) is 8.83. The summed E-state index contributed by atoms with van der Waals surface area (Å²) in [5, 5.41) is 8.65. The summed E-state index contributed by atoms with van der Waals surface area (Å²) in [6.45, 7) is 5.61. The first kappa shape index (κ1) is 20.5. The summed E-state index contributed by atoms with van der Waals surface area (Å²) in [6.07, 6.45) is 0. The lowest BCUT2D eigenvalue weighted by Crippen LogP contribution is -2.34. The van der Waals surface area contributed by atoms with Gasteiger partial charge in [0.2, 0.25) is 0 Å². The van der Waals surface area contributed by atoms with Gasteiger partial charge in [-0.05, 0) is 63.2 Å². The van der Waals surface area contributed by atoms with E-state index in [-0.39, 0.29) is 23.8 Å². The average Bonchev–Trinajstić information content (AvgIpc) is 3.02. The highest BCUT2D eigenvalue weighted by atomic mass is 32.1. The highest BCUT2D eigenvalue weighted by Gasteiger charge is 2.14. The second-order valence-corrected chi connectivity index (χ2v) is 7.92. The van der Waals surface area contributed by atoms with E-state index in [4.69, 9.17) is 0 Å². The Bertz CT molecular complexity index is 1030. The van der Waals surface area contributed by atoms with Crippen LogP contribution in [0.3, 0.4) is 0 Å². The third kappa shape index (κ3) is 5.39. The first-order valence-corrected chi connectivity index (χ1v) is 9.86. The van der Waals surface area contributed by atoms with E-state index in [0.29, 0.717) is 22.1 Å². The number of halogens is 1. The molecule has 1 heterocycles. The van der Waals surface area contributed by atoms with Crippen LogP contribution in [0.5, 0.6) is 0 Å². The summed E-state index contributed by atoms with van der Waals surface area (Å²) >= 11 is 1.34. The number of benzene rings is 2. The lowest BCUT2D eigenvalue weighted by molar-refractivity contribution is 0.102. The third-order valence-corrected chi connectivity index (χ3v) is 4.82. The molecule has 1 aromatic heterocycles. The van der Waals surface area contributed by atoms with E-state index >= 15 is 0 Å². The molecule has 8 heteroatoms. The smallest absolute Gasteiger partial charge is 0.319 e. The molecule has 3 aromatic rings. The van der Waals surface area contributed by atoms with Gasteiger partial charge in [-0.15, -0.1) is 11.3 Å². The highest BCUT2D eigenvalue weighted by molar-refractivity contribution is 7.16. The fraction of sp³-hybridized carbons (Fsp3) is 0.190. The van der Waals surface area contributed by atoms with E-state index in [2.05, 4.69) is 20.9 Å². The van der Waals surface area contributed by atoms with Gasteiger partial charge in [-0.1, -0.05) is 6.07 Å². The zero-order valence-electron chi connectivity index (χ0n) is 16.2. The van der Waals surface area contributed by atoms with Crippen LogP contribution in [-0.4, -0.2) is 23.0 Å². The molecule has 150 valence electrons. The van der Waals surface area contributed by atoms with E-state index in [1.54, 1.807) is 36.4 Å². The Hall–Kier alpha value is -3.26. The number of nitrogens with zero attached hydrogens (tertiary/aromatic N) is 1. The minimum absolute atomic E-state index is 0.00456. The predicted octanol–water partition coefficient (Wildman–Crippen LogP) is 5.04. The van der Waals surface area contributed by atoms with Crippen LogP contribution in [0.25, 0.3) is 11.3 Å². The van der Waals surface area contributed by atoms with Crippen molar-refractivity contribution in [3.05, 3.63) is 64.8 Å². The van der Waals surface area contributed by atoms with Crippen LogP contribution >= 0.6 is 11.3 Å². The molecule has 0 fully saturated rings. The number of aromatic nitrogens is 1. The molecule has 0 unspecified atom stereocenters. The Balaban J connectivity index is 1.72. The van der Waals surface area contributed by atoms with Gasteiger partial charge in [-0.3, -0.25) is 10.1 Å². The number of carbonyl (C=O) groups is 2. The standard InChI is InChI=1S/C21H21FN4O2S/c1-12(2)23-20(28)24-17-6-4-5-15(11-17)19(27)26-21-25-18(13(3)29-21)14-7-9-16(22)10-8-14/h4-12H,1-3H3,(H2,23,24,28)(H,25,26,27). The van der Waals surface area contributed by atoms with Gasteiger partial charge < -0.3 is 10.6 Å². The molecule has 3 rings (SSSR count). The van der Waals surface area contributed by atoms with Crippen LogP contribution < -0.4 is 16.0 Å². The molecule has 0 saturated carbocycles. The lowest BCUT2D eigenvalue weighted by atomic mass is 10.1. The van der Waals surface area contributed by atoms with Crippen molar-refractivity contribution in [2.45, 2.75) is 26.8 Å². The summed E-state index contributed by atoms with van der Waals surface area (Å²) in [5.41, 5.74) is 2.38. The quantitative estimate of drug-likeness (QED) is 0.549. The van der Waals surface area contributed by atoms with E-state index in [0.717, 1.165) is 10.4 Å². The van der Waals surface area contributed by atoms with Crippen molar-refractivity contribution in [2.75, 3.05) is 10.6 Å². The van der Waals surface area contributed by atoms with E-state index < -0.39 is 0 Å². The Morgan fingerprint density at radius 3 is 2.48 bits per heavy atom. The number of nitrogens with one attached hydrogen (secondary N) is 3. The minimum Gasteiger partial charge on any atom is -0.336 e. The first-order valence-electron chi connectivity index (χ1n) is 9.04. The summed E-state index contributed by atoms with van der Waals surface area (Å²) in [4.78, 5) is 29.8. The largest absolute Gasteiger partial charge is 0.336 e. The summed E-state index contributed by atoms with van der Waals surface area (Å²) in [5.74, 6) is -0.650. The summed E-state index contributed by atoms with van der Waals surface area (Å²) in [6, 6.07) is 12.4. The number of urea groups is 1. The lowest BCUT2D eigenvalue weighted by Gasteiger charge is -2.11. The van der Waals surface area contributed by atoms with Crippen LogP contribution in [0, 0.1) is 12.7 Å². The molecule has 0 aliphatic carbocycles. The Kier molecular flexibility index (Phi) is 6.23. The van der Waals surface area contributed by atoms with Gasteiger partial charge >= 0.3 is 6.03 Å². The molecule has 0 aliphatic heterocycles. The molecular weight excluding hydrogens is 391 g/mol. The van der Waals surface area contributed by atoms with Gasteiger partial charge in [0.1, 0.15) is 5.82 Å². The SMILES string of the molecule is Cc1sc(NC(=O)c2cccc(NC(=O)NC(C)C)c2)nc1-c1ccc(F)cc1. The third-order valence-electron chi connectivity index (χ3n) is 3.94. The van der Waals surface area contributed by atoms with E-state index in [9.17, 15) is 14.0 Å². The number of rotatable bonds is 5. The fourth-order valence-electron chi connectivity index (χ4n) is 2.66. The number of thiazole rings is 1. The molecule has 3 N–H and O–H groups in total. The number of anilines is 2. The molecule has 0 saturated heterocycles. The van der Waals surface area contributed by atoms with Gasteiger partial charge in [0.05, 0.1) is 5.69 Å². The molecule has 0 aliphatic rings. The highest BCUT2D eigenvalue weighted by Crippen LogP contribution is 2.30. The number of aryl methyl sites for hydroxylation is 1. The van der Waals surface area contributed by atoms with Crippen LogP contribution in [-0.2, 0) is 0 Å². The maximum atomic E-state index is 13.1. The Labute approximate surface area is 172 Å². The van der Waals surface area contributed by atoms with E-state index in [1.165, 1.54) is 23.5 Å². The van der Waals surface area contributed by atoms with Crippen molar-refractivity contribution in [2.24, 2.45) is 0 Å². The molecule has 0 atom stereocenters. The minimum atomic E-state index is -0.336. The van der Waals surface area contributed by atoms with Crippen molar-refractivity contribution in [1.29, 1.82) is 0 Å². The molecule has 0 spiro atoms. The number of carbonyl (C=O) groups excluding carboxylic acids is 2. The molecule has 6 nitrogen and oxygen atoms in total. The number of hydrogen-bond acceptors (Lipinski definition) is 4. The van der Waals surface area contributed by atoms with Crippen LogP contribution in [0.2, 0.25) is 0 Å². The van der Waals surface area contributed by atoms with Crippen molar-refractivity contribution in [3.8, 4) is 11.3 Å². The fourth-order valence-corrected chi connectivity index (χ4v) is 3.49. The second-order valence-electron chi connectivity index (χ2n) is 6.72. The zero-order valence-corrected chi connectivity index (χ0v) is 17.1. The van der Waals surface area contributed by atoms with Crippen LogP contribution in [0.1, 0.15) is 29.1 Å². The topological polar surface area (TPSA) is 83.1 Å². The van der Waals surface area contributed by atoms with Gasteiger partial charge in [0.25, 0.3) is 5.91 Å². The Morgan fingerprint density at radius 2 is 1.79 bits per heavy atom. The first-order chi connectivity index (χ1) is 13.8. The van der Waals surface area contributed by atoms with Crippen molar-refractivity contribution < 1.29 is 14.0 Å². The number of hydrogen-bond donors (Lipinski definition) is 3. The molecule has 3 amide bonds. The van der Waals surface area contributed by atoms with Crippen LogP contribution in [0.15, 0.2) is 48.5 Å². The Morgan fingerprint density at radius 1 is 1.07 bits per heavy atom. The summed E-state index contributed by atoms with van der Waals surface area (Å²) < 4.78 is 13.1. The predicted molar refractivity (Wildman–Crippen MR) is 114 cm³/mol. The maximum absolute atomic E-state index is 13.1. The molecule has 2 aromatic carbocycles. The molecular formula is C21H21FN4O2S. The van der Waals surface area contributed by atoms with Gasteiger partial charge in [-0.25, -0.2) is 14.2 Å². The normalized spacial score (nSPS) is 10.7. The van der Waals surface area contributed by atoms with Crippen molar-refractivity contribution in [1.82, 2.24) is 10.3 Å². The molecule has 0 bridgehead atoms. The maximum Gasteiger partial charge on any atom is 0.319 e.